The summed E-state index contributed by atoms with van der Waals surface area (Å²) in [5.74, 6) is 0.561. The molecular formula is C14H21N3O3. The highest BCUT2D eigenvalue weighted by Crippen LogP contribution is 2.19. The molecule has 1 aromatic heterocycles. The molecule has 0 atom stereocenters. The van der Waals surface area contributed by atoms with E-state index in [9.17, 15) is 4.79 Å². The van der Waals surface area contributed by atoms with Crippen LogP contribution in [0.5, 0.6) is 5.88 Å². The van der Waals surface area contributed by atoms with E-state index in [1.165, 1.54) is 6.33 Å². The summed E-state index contributed by atoms with van der Waals surface area (Å²) in [4.78, 5) is 21.6. The molecular weight excluding hydrogens is 258 g/mol. The van der Waals surface area contributed by atoms with Crippen LogP contribution in [0.25, 0.3) is 0 Å². The maximum Gasteiger partial charge on any atom is 0.410 e. The molecule has 0 N–H and O–H groups in total. The Morgan fingerprint density at radius 3 is 2.70 bits per heavy atom. The number of amides is 1. The van der Waals surface area contributed by atoms with Gasteiger partial charge in [-0.1, -0.05) is 6.92 Å². The molecule has 0 bridgehead atoms. The number of likely N-dealkylation sites (tertiary alicyclic amines) is 1. The van der Waals surface area contributed by atoms with Crippen LogP contribution >= 0.6 is 0 Å². The summed E-state index contributed by atoms with van der Waals surface area (Å²) in [6, 6.07) is 1.83. The van der Waals surface area contributed by atoms with Crippen LogP contribution in [0.3, 0.4) is 0 Å². The third-order valence-corrected chi connectivity index (χ3v) is 2.85. The zero-order valence-electron chi connectivity index (χ0n) is 12.4. The molecule has 0 aliphatic carbocycles. The Kier molecular flexibility index (Phi) is 4.11. The molecule has 110 valence electrons. The molecule has 0 unspecified atom stereocenters. The Morgan fingerprint density at radius 1 is 1.40 bits per heavy atom. The summed E-state index contributed by atoms with van der Waals surface area (Å²) in [6.45, 7) is 8.64. The van der Waals surface area contributed by atoms with Gasteiger partial charge >= 0.3 is 6.09 Å². The predicted molar refractivity (Wildman–Crippen MR) is 73.6 cm³/mol. The van der Waals surface area contributed by atoms with Crippen molar-refractivity contribution in [1.82, 2.24) is 14.9 Å². The quantitative estimate of drug-likeness (QED) is 0.847. The number of carbonyl (C=O) groups excluding carboxylic acids is 1. The lowest BCUT2D eigenvalue weighted by molar-refractivity contribution is -0.0232. The zero-order chi connectivity index (χ0) is 14.8. The van der Waals surface area contributed by atoms with Gasteiger partial charge in [0.15, 0.2) is 0 Å². The Balaban J connectivity index is 1.80. The normalized spacial score (nSPS) is 15.7. The van der Waals surface area contributed by atoms with Gasteiger partial charge in [-0.15, -0.1) is 0 Å². The second-order valence-electron chi connectivity index (χ2n) is 5.83. The average molecular weight is 279 g/mol. The minimum atomic E-state index is -0.467. The third kappa shape index (κ3) is 3.82. The van der Waals surface area contributed by atoms with Gasteiger partial charge in [-0.3, -0.25) is 0 Å². The zero-order valence-corrected chi connectivity index (χ0v) is 12.4. The van der Waals surface area contributed by atoms with E-state index in [1.807, 2.05) is 33.8 Å². The maximum atomic E-state index is 11.8. The van der Waals surface area contributed by atoms with Crippen LogP contribution < -0.4 is 4.74 Å². The molecule has 6 heteroatoms. The van der Waals surface area contributed by atoms with Gasteiger partial charge in [-0.05, 0) is 27.2 Å². The minimum absolute atomic E-state index is 0.0258. The number of hydrogen-bond acceptors (Lipinski definition) is 5. The van der Waals surface area contributed by atoms with Crippen molar-refractivity contribution in [2.24, 2.45) is 0 Å². The number of rotatable bonds is 3. The lowest BCUT2D eigenvalue weighted by Gasteiger charge is -2.39. The van der Waals surface area contributed by atoms with Crippen molar-refractivity contribution in [2.45, 2.75) is 45.8 Å². The van der Waals surface area contributed by atoms with Crippen LogP contribution in [-0.4, -0.2) is 45.8 Å². The van der Waals surface area contributed by atoms with E-state index in [-0.39, 0.29) is 12.2 Å². The smallest absolute Gasteiger partial charge is 0.410 e. The Bertz CT molecular complexity index is 479. The van der Waals surface area contributed by atoms with Crippen molar-refractivity contribution in [3.8, 4) is 5.88 Å². The molecule has 1 aromatic rings. The molecule has 1 saturated heterocycles. The Morgan fingerprint density at radius 2 is 2.10 bits per heavy atom. The highest BCUT2D eigenvalue weighted by atomic mass is 16.6. The minimum Gasteiger partial charge on any atom is -0.470 e. The lowest BCUT2D eigenvalue weighted by atomic mass is 10.2. The van der Waals surface area contributed by atoms with E-state index in [4.69, 9.17) is 9.47 Å². The topological polar surface area (TPSA) is 64.5 Å². The number of carbonyl (C=O) groups is 1. The fraction of sp³-hybridized carbons (Fsp3) is 0.643. The summed E-state index contributed by atoms with van der Waals surface area (Å²) >= 11 is 0. The van der Waals surface area contributed by atoms with Crippen molar-refractivity contribution in [3.63, 3.8) is 0 Å². The van der Waals surface area contributed by atoms with Crippen LogP contribution in [-0.2, 0) is 11.2 Å². The van der Waals surface area contributed by atoms with Crippen molar-refractivity contribution in [3.05, 3.63) is 18.1 Å². The predicted octanol–water partition coefficient (Wildman–Crippen LogP) is 2.04. The summed E-state index contributed by atoms with van der Waals surface area (Å²) in [7, 11) is 0. The first-order chi connectivity index (χ1) is 9.37. The third-order valence-electron chi connectivity index (χ3n) is 2.85. The number of aromatic nitrogens is 2. The molecule has 1 fully saturated rings. The summed E-state index contributed by atoms with van der Waals surface area (Å²) in [5, 5.41) is 0. The standard InChI is InChI=1S/C14H21N3O3/c1-5-10-6-12(16-9-15-10)19-11-7-17(8-11)13(18)20-14(2,3)4/h6,9,11H,5,7-8H2,1-4H3. The first kappa shape index (κ1) is 14.6. The van der Waals surface area contributed by atoms with Crippen LogP contribution in [0.15, 0.2) is 12.4 Å². The SMILES string of the molecule is CCc1cc(OC2CN(C(=O)OC(C)(C)C)C2)ncn1. The molecule has 0 aromatic carbocycles. The molecule has 0 saturated carbocycles. The van der Waals surface area contributed by atoms with E-state index in [2.05, 4.69) is 9.97 Å². The molecule has 2 heterocycles. The van der Waals surface area contributed by atoms with E-state index in [0.29, 0.717) is 19.0 Å². The van der Waals surface area contributed by atoms with Crippen LogP contribution in [0, 0.1) is 0 Å². The first-order valence-electron chi connectivity index (χ1n) is 6.83. The maximum absolute atomic E-state index is 11.8. The van der Waals surface area contributed by atoms with Crippen LogP contribution in [0.1, 0.15) is 33.4 Å². The first-order valence-corrected chi connectivity index (χ1v) is 6.83. The molecule has 1 aliphatic rings. The van der Waals surface area contributed by atoms with Crippen LogP contribution in [0.4, 0.5) is 4.79 Å². The molecule has 0 radical (unpaired) electrons. The fourth-order valence-electron chi connectivity index (χ4n) is 1.79. The van der Waals surface area contributed by atoms with Crippen LogP contribution in [0.2, 0.25) is 0 Å². The second-order valence-corrected chi connectivity index (χ2v) is 5.83. The van der Waals surface area contributed by atoms with Gasteiger partial charge in [0.05, 0.1) is 13.1 Å². The van der Waals surface area contributed by atoms with Gasteiger partial charge in [0.2, 0.25) is 5.88 Å². The van der Waals surface area contributed by atoms with E-state index in [1.54, 1.807) is 4.90 Å². The summed E-state index contributed by atoms with van der Waals surface area (Å²) < 4.78 is 11.0. The summed E-state index contributed by atoms with van der Waals surface area (Å²) in [6.07, 6.45) is 2.02. The molecule has 0 spiro atoms. The highest BCUT2D eigenvalue weighted by Gasteiger charge is 2.35. The molecule has 20 heavy (non-hydrogen) atoms. The van der Waals surface area contributed by atoms with Crippen molar-refractivity contribution in [2.75, 3.05) is 13.1 Å². The van der Waals surface area contributed by atoms with Gasteiger partial charge < -0.3 is 14.4 Å². The Labute approximate surface area is 119 Å². The highest BCUT2D eigenvalue weighted by molar-refractivity contribution is 5.69. The van der Waals surface area contributed by atoms with Crippen molar-refractivity contribution >= 4 is 6.09 Å². The van der Waals surface area contributed by atoms with Gasteiger partial charge in [-0.2, -0.15) is 0 Å². The van der Waals surface area contributed by atoms with Gasteiger partial charge in [-0.25, -0.2) is 14.8 Å². The number of ether oxygens (including phenoxy) is 2. The fourth-order valence-corrected chi connectivity index (χ4v) is 1.79. The monoisotopic (exact) mass is 279 g/mol. The number of hydrogen-bond donors (Lipinski definition) is 0. The molecule has 2 rings (SSSR count). The van der Waals surface area contributed by atoms with Gasteiger partial charge in [0.1, 0.15) is 18.0 Å². The van der Waals surface area contributed by atoms with E-state index >= 15 is 0 Å². The summed E-state index contributed by atoms with van der Waals surface area (Å²) in [5.41, 5.74) is 0.476. The number of nitrogens with zero attached hydrogens (tertiary/aromatic N) is 3. The lowest BCUT2D eigenvalue weighted by Crippen LogP contribution is -2.57. The van der Waals surface area contributed by atoms with E-state index < -0.39 is 5.60 Å². The largest absolute Gasteiger partial charge is 0.470 e. The van der Waals surface area contributed by atoms with Crippen molar-refractivity contribution in [1.29, 1.82) is 0 Å². The average Bonchev–Trinajstić information content (AvgIpc) is 2.31. The van der Waals surface area contributed by atoms with Gasteiger partial charge in [0.25, 0.3) is 0 Å². The molecule has 6 nitrogen and oxygen atoms in total. The molecule has 1 aliphatic heterocycles. The van der Waals surface area contributed by atoms with Crippen molar-refractivity contribution < 1.29 is 14.3 Å². The van der Waals surface area contributed by atoms with Gasteiger partial charge in [0, 0.05) is 11.8 Å². The molecule has 1 amide bonds. The Hall–Kier alpha value is -1.85. The van der Waals surface area contributed by atoms with E-state index in [0.717, 1.165) is 12.1 Å². The number of aryl methyl sites for hydroxylation is 1. The second kappa shape index (κ2) is 5.64.